The predicted octanol–water partition coefficient (Wildman–Crippen LogP) is 2.97. The highest BCUT2D eigenvalue weighted by Crippen LogP contribution is 2.33. The first-order valence-electron chi connectivity index (χ1n) is 5.27. The molecule has 0 aliphatic heterocycles. The number of hydrogen-bond donors (Lipinski definition) is 2. The predicted molar refractivity (Wildman–Crippen MR) is 66.4 cm³/mol. The maximum absolute atomic E-state index is 10.9. The standard InChI is InChI=1S/C12H13ClN2O2/c1-12(2,6-9(16)17)8-5-3-4-7-10(8)14-15-11(7)13/h3-5H,6H2,1-2H3,(H,14,15)(H,16,17). The molecular formula is C12H13ClN2O2. The fourth-order valence-electron chi connectivity index (χ4n) is 2.03. The topological polar surface area (TPSA) is 66.0 Å². The molecule has 0 radical (unpaired) electrons. The van der Waals surface area contributed by atoms with E-state index in [-0.39, 0.29) is 6.42 Å². The largest absolute Gasteiger partial charge is 0.481 e. The van der Waals surface area contributed by atoms with E-state index in [1.807, 2.05) is 32.0 Å². The number of halogens is 1. The summed E-state index contributed by atoms with van der Waals surface area (Å²) >= 11 is 5.97. The van der Waals surface area contributed by atoms with Crippen molar-refractivity contribution in [1.29, 1.82) is 0 Å². The van der Waals surface area contributed by atoms with Crippen LogP contribution in [0, 0.1) is 0 Å². The summed E-state index contributed by atoms with van der Waals surface area (Å²) in [5.74, 6) is -0.825. The van der Waals surface area contributed by atoms with Crippen LogP contribution < -0.4 is 0 Å². The second-order valence-corrected chi connectivity index (χ2v) is 5.07. The highest BCUT2D eigenvalue weighted by molar-refractivity contribution is 6.34. The molecule has 0 saturated carbocycles. The van der Waals surface area contributed by atoms with E-state index in [0.29, 0.717) is 5.15 Å². The molecule has 0 amide bonds. The van der Waals surface area contributed by atoms with Gasteiger partial charge < -0.3 is 5.11 Å². The molecule has 0 saturated heterocycles. The van der Waals surface area contributed by atoms with Gasteiger partial charge in [-0.3, -0.25) is 9.89 Å². The zero-order chi connectivity index (χ0) is 12.6. The number of rotatable bonds is 3. The first kappa shape index (κ1) is 11.9. The number of H-pyrrole nitrogens is 1. The van der Waals surface area contributed by atoms with Crippen LogP contribution >= 0.6 is 11.6 Å². The molecule has 0 aliphatic carbocycles. The van der Waals surface area contributed by atoms with Crippen molar-refractivity contribution in [3.63, 3.8) is 0 Å². The Morgan fingerprint density at radius 3 is 2.88 bits per heavy atom. The van der Waals surface area contributed by atoms with E-state index in [9.17, 15) is 4.79 Å². The summed E-state index contributed by atoms with van der Waals surface area (Å²) in [7, 11) is 0. The Kier molecular flexibility index (Phi) is 2.83. The lowest BCUT2D eigenvalue weighted by Crippen LogP contribution is -2.22. The van der Waals surface area contributed by atoms with E-state index in [0.717, 1.165) is 16.5 Å². The molecular weight excluding hydrogens is 240 g/mol. The smallest absolute Gasteiger partial charge is 0.304 e. The van der Waals surface area contributed by atoms with Crippen LogP contribution in [0.5, 0.6) is 0 Å². The van der Waals surface area contributed by atoms with Crippen molar-refractivity contribution in [2.45, 2.75) is 25.7 Å². The lowest BCUT2D eigenvalue weighted by molar-refractivity contribution is -0.138. The minimum atomic E-state index is -0.825. The highest BCUT2D eigenvalue weighted by Gasteiger charge is 2.27. The van der Waals surface area contributed by atoms with Crippen LogP contribution in [-0.4, -0.2) is 21.3 Å². The van der Waals surface area contributed by atoms with Crippen LogP contribution in [0.3, 0.4) is 0 Å². The molecule has 1 aromatic heterocycles. The van der Waals surface area contributed by atoms with Gasteiger partial charge in [-0.2, -0.15) is 5.10 Å². The van der Waals surface area contributed by atoms with Gasteiger partial charge in [0.1, 0.15) is 5.15 Å². The number of aromatic amines is 1. The van der Waals surface area contributed by atoms with Gasteiger partial charge in [-0.15, -0.1) is 0 Å². The van der Waals surface area contributed by atoms with Crippen molar-refractivity contribution in [1.82, 2.24) is 10.2 Å². The quantitative estimate of drug-likeness (QED) is 0.883. The van der Waals surface area contributed by atoms with Gasteiger partial charge in [-0.25, -0.2) is 0 Å². The highest BCUT2D eigenvalue weighted by atomic mass is 35.5. The summed E-state index contributed by atoms with van der Waals surface area (Å²) < 4.78 is 0. The van der Waals surface area contributed by atoms with E-state index in [2.05, 4.69) is 10.2 Å². The van der Waals surface area contributed by atoms with Crippen molar-refractivity contribution < 1.29 is 9.90 Å². The second-order valence-electron chi connectivity index (χ2n) is 4.69. The van der Waals surface area contributed by atoms with Gasteiger partial charge in [0.05, 0.1) is 11.9 Å². The molecule has 0 spiro atoms. The first-order chi connectivity index (χ1) is 7.92. The fraction of sp³-hybridized carbons (Fsp3) is 0.333. The lowest BCUT2D eigenvalue weighted by Gasteiger charge is -2.23. The zero-order valence-electron chi connectivity index (χ0n) is 9.62. The number of carboxylic acid groups (broad SMARTS) is 1. The molecule has 17 heavy (non-hydrogen) atoms. The van der Waals surface area contributed by atoms with Gasteiger partial charge in [0.2, 0.25) is 0 Å². The summed E-state index contributed by atoms with van der Waals surface area (Å²) in [6.07, 6.45) is 0.0522. The molecule has 1 heterocycles. The van der Waals surface area contributed by atoms with Crippen LogP contribution in [0.1, 0.15) is 25.8 Å². The number of nitrogens with one attached hydrogen (secondary N) is 1. The van der Waals surface area contributed by atoms with Crippen LogP contribution in [0.4, 0.5) is 0 Å². The summed E-state index contributed by atoms with van der Waals surface area (Å²) in [5.41, 5.74) is 1.15. The number of fused-ring (bicyclic) bond motifs is 1. The maximum Gasteiger partial charge on any atom is 0.304 e. The van der Waals surface area contributed by atoms with E-state index < -0.39 is 11.4 Å². The number of aliphatic carboxylic acids is 1. The van der Waals surface area contributed by atoms with Crippen molar-refractivity contribution in [2.24, 2.45) is 0 Å². The Balaban J connectivity index is 2.58. The van der Waals surface area contributed by atoms with Crippen molar-refractivity contribution >= 4 is 28.5 Å². The number of carbonyl (C=O) groups is 1. The minimum Gasteiger partial charge on any atom is -0.481 e. The van der Waals surface area contributed by atoms with Crippen LogP contribution in [-0.2, 0) is 10.2 Å². The third kappa shape index (κ3) is 2.13. The Morgan fingerprint density at radius 1 is 1.53 bits per heavy atom. The van der Waals surface area contributed by atoms with Gasteiger partial charge in [-0.1, -0.05) is 37.6 Å². The van der Waals surface area contributed by atoms with Crippen molar-refractivity contribution in [3.8, 4) is 0 Å². The fourth-order valence-corrected chi connectivity index (χ4v) is 2.22. The number of para-hydroxylation sites is 1. The summed E-state index contributed by atoms with van der Waals surface area (Å²) in [6.45, 7) is 3.77. The van der Waals surface area contributed by atoms with Gasteiger partial charge in [-0.05, 0) is 11.6 Å². The third-order valence-corrected chi connectivity index (χ3v) is 3.15. The van der Waals surface area contributed by atoms with Crippen molar-refractivity contribution in [2.75, 3.05) is 0 Å². The number of nitrogens with zero attached hydrogens (tertiary/aromatic N) is 1. The van der Waals surface area contributed by atoms with Gasteiger partial charge in [0.25, 0.3) is 0 Å². The molecule has 0 atom stereocenters. The minimum absolute atomic E-state index is 0.0522. The normalized spacial score (nSPS) is 11.9. The third-order valence-electron chi connectivity index (χ3n) is 2.86. The van der Waals surface area contributed by atoms with Crippen molar-refractivity contribution in [3.05, 3.63) is 28.9 Å². The average molecular weight is 253 g/mol. The molecule has 0 aliphatic rings. The molecule has 2 N–H and O–H groups in total. The molecule has 0 bridgehead atoms. The summed E-state index contributed by atoms with van der Waals surface area (Å²) in [4.78, 5) is 10.9. The molecule has 2 aromatic rings. The van der Waals surface area contributed by atoms with Crippen LogP contribution in [0.25, 0.3) is 10.9 Å². The van der Waals surface area contributed by atoms with Crippen LogP contribution in [0.2, 0.25) is 5.15 Å². The Hall–Kier alpha value is -1.55. The number of carboxylic acids is 1. The lowest BCUT2D eigenvalue weighted by atomic mass is 9.80. The number of aromatic nitrogens is 2. The Morgan fingerprint density at radius 2 is 2.24 bits per heavy atom. The Labute approximate surface area is 104 Å². The van der Waals surface area contributed by atoms with E-state index in [4.69, 9.17) is 16.7 Å². The second kappa shape index (κ2) is 4.04. The van der Waals surface area contributed by atoms with Gasteiger partial charge in [0.15, 0.2) is 0 Å². The molecule has 1 aromatic carbocycles. The van der Waals surface area contributed by atoms with Gasteiger partial charge >= 0.3 is 5.97 Å². The molecule has 5 heteroatoms. The SMILES string of the molecule is CC(C)(CC(=O)O)c1cccc2c(Cl)[nH]nc12. The van der Waals surface area contributed by atoms with E-state index in [1.165, 1.54) is 0 Å². The molecule has 4 nitrogen and oxygen atoms in total. The molecule has 0 fully saturated rings. The first-order valence-corrected chi connectivity index (χ1v) is 5.64. The number of benzene rings is 1. The van der Waals surface area contributed by atoms with E-state index >= 15 is 0 Å². The number of hydrogen-bond acceptors (Lipinski definition) is 2. The Bertz CT molecular complexity index is 575. The zero-order valence-corrected chi connectivity index (χ0v) is 10.4. The average Bonchev–Trinajstić information content (AvgIpc) is 2.58. The monoisotopic (exact) mass is 252 g/mol. The molecule has 90 valence electrons. The molecule has 0 unspecified atom stereocenters. The van der Waals surface area contributed by atoms with Crippen LogP contribution in [0.15, 0.2) is 18.2 Å². The van der Waals surface area contributed by atoms with Gasteiger partial charge in [0, 0.05) is 10.8 Å². The van der Waals surface area contributed by atoms with E-state index in [1.54, 1.807) is 0 Å². The summed E-state index contributed by atoms with van der Waals surface area (Å²) in [6, 6.07) is 5.62. The summed E-state index contributed by atoms with van der Waals surface area (Å²) in [5, 5.41) is 17.1. The maximum atomic E-state index is 10.9. The molecule has 2 rings (SSSR count).